The number of aliphatic hydroxyl groups is 1. The summed E-state index contributed by atoms with van der Waals surface area (Å²) in [5, 5.41) is 10.3. The third-order valence-electron chi connectivity index (χ3n) is 3.19. The van der Waals surface area contributed by atoms with Crippen LogP contribution in [0.15, 0.2) is 18.2 Å². The van der Waals surface area contributed by atoms with Gasteiger partial charge in [0.15, 0.2) is 0 Å². The summed E-state index contributed by atoms with van der Waals surface area (Å²) in [6, 6.07) is 3.42. The zero-order valence-corrected chi connectivity index (χ0v) is 8.92. The van der Waals surface area contributed by atoms with Crippen LogP contribution in [0.25, 0.3) is 0 Å². The molecule has 2 unspecified atom stereocenters. The van der Waals surface area contributed by atoms with Crippen molar-refractivity contribution in [2.24, 2.45) is 5.73 Å². The van der Waals surface area contributed by atoms with Crippen molar-refractivity contribution in [1.82, 2.24) is 0 Å². The quantitative estimate of drug-likeness (QED) is 0.771. The van der Waals surface area contributed by atoms with Gasteiger partial charge >= 0.3 is 0 Å². The van der Waals surface area contributed by atoms with E-state index in [4.69, 9.17) is 5.73 Å². The minimum absolute atomic E-state index is 0.197. The molecule has 1 fully saturated rings. The normalized spacial score (nSPS) is 30.4. The fourth-order valence-corrected chi connectivity index (χ4v) is 2.46. The molecule has 0 radical (unpaired) electrons. The first-order chi connectivity index (χ1) is 7.53. The number of benzene rings is 1. The average molecular weight is 227 g/mol. The fraction of sp³-hybridized carbons (Fsp3) is 0.500. The van der Waals surface area contributed by atoms with Gasteiger partial charge < -0.3 is 10.8 Å². The van der Waals surface area contributed by atoms with Crippen LogP contribution in [-0.4, -0.2) is 11.1 Å². The van der Waals surface area contributed by atoms with Gasteiger partial charge in [0.05, 0.1) is 11.2 Å². The van der Waals surface area contributed by atoms with E-state index >= 15 is 0 Å². The molecule has 0 bridgehead atoms. The second-order valence-corrected chi connectivity index (χ2v) is 4.48. The fourth-order valence-electron chi connectivity index (χ4n) is 2.46. The zero-order valence-electron chi connectivity index (χ0n) is 8.92. The maximum Gasteiger partial charge on any atom is 0.132 e. The van der Waals surface area contributed by atoms with Gasteiger partial charge in [0, 0.05) is 6.04 Å². The third kappa shape index (κ3) is 1.95. The number of hydrogen-bond donors (Lipinski definition) is 2. The van der Waals surface area contributed by atoms with Gasteiger partial charge in [-0.2, -0.15) is 0 Å². The SMILES string of the molecule is NC1CCCC(O)(c2c(F)cccc2F)C1. The summed E-state index contributed by atoms with van der Waals surface area (Å²) < 4.78 is 27.1. The molecule has 0 amide bonds. The summed E-state index contributed by atoms with van der Waals surface area (Å²) in [5.41, 5.74) is 4.06. The summed E-state index contributed by atoms with van der Waals surface area (Å²) in [7, 11) is 0. The maximum absolute atomic E-state index is 13.6. The molecule has 2 nitrogen and oxygen atoms in total. The highest BCUT2D eigenvalue weighted by molar-refractivity contribution is 5.27. The monoisotopic (exact) mass is 227 g/mol. The predicted octanol–water partition coefficient (Wildman–Crippen LogP) is 2.05. The van der Waals surface area contributed by atoms with Gasteiger partial charge in [-0.25, -0.2) is 8.78 Å². The number of rotatable bonds is 1. The molecule has 2 atom stereocenters. The first-order valence-electron chi connectivity index (χ1n) is 5.45. The van der Waals surface area contributed by atoms with Crippen molar-refractivity contribution < 1.29 is 13.9 Å². The highest BCUT2D eigenvalue weighted by Crippen LogP contribution is 2.38. The molecule has 0 aromatic heterocycles. The van der Waals surface area contributed by atoms with Gasteiger partial charge in [0.2, 0.25) is 0 Å². The topological polar surface area (TPSA) is 46.2 Å². The van der Waals surface area contributed by atoms with E-state index in [1.54, 1.807) is 0 Å². The van der Waals surface area contributed by atoms with Crippen LogP contribution < -0.4 is 5.73 Å². The average Bonchev–Trinajstić information content (AvgIpc) is 2.16. The Balaban J connectivity index is 2.42. The molecular weight excluding hydrogens is 212 g/mol. The van der Waals surface area contributed by atoms with Gasteiger partial charge in [0.1, 0.15) is 11.6 Å². The zero-order chi connectivity index (χ0) is 11.8. The van der Waals surface area contributed by atoms with E-state index in [1.807, 2.05) is 0 Å². The van der Waals surface area contributed by atoms with E-state index in [2.05, 4.69) is 0 Å². The van der Waals surface area contributed by atoms with E-state index in [-0.39, 0.29) is 18.0 Å². The van der Waals surface area contributed by atoms with Crippen molar-refractivity contribution >= 4 is 0 Å². The molecule has 88 valence electrons. The Labute approximate surface area is 93.1 Å². The van der Waals surface area contributed by atoms with Crippen LogP contribution in [0.2, 0.25) is 0 Å². The van der Waals surface area contributed by atoms with Gasteiger partial charge in [-0.05, 0) is 37.8 Å². The van der Waals surface area contributed by atoms with Crippen molar-refractivity contribution in [2.75, 3.05) is 0 Å². The Kier molecular flexibility index (Phi) is 2.95. The van der Waals surface area contributed by atoms with Crippen LogP contribution >= 0.6 is 0 Å². The van der Waals surface area contributed by atoms with E-state index in [1.165, 1.54) is 6.07 Å². The van der Waals surface area contributed by atoms with Crippen LogP contribution in [0.1, 0.15) is 31.2 Å². The lowest BCUT2D eigenvalue weighted by molar-refractivity contribution is -0.0133. The lowest BCUT2D eigenvalue weighted by atomic mass is 9.77. The Hall–Kier alpha value is -1.00. The molecular formula is C12H15F2NO. The van der Waals surface area contributed by atoms with Gasteiger partial charge in [-0.1, -0.05) is 6.07 Å². The molecule has 16 heavy (non-hydrogen) atoms. The largest absolute Gasteiger partial charge is 0.385 e. The number of nitrogens with two attached hydrogens (primary N) is 1. The minimum Gasteiger partial charge on any atom is -0.385 e. The van der Waals surface area contributed by atoms with Crippen molar-refractivity contribution in [2.45, 2.75) is 37.3 Å². The number of halogens is 2. The maximum atomic E-state index is 13.6. The Morgan fingerprint density at radius 2 is 1.94 bits per heavy atom. The second-order valence-electron chi connectivity index (χ2n) is 4.48. The second kappa shape index (κ2) is 4.11. The summed E-state index contributed by atoms with van der Waals surface area (Å²) in [6.07, 6.45) is 2.05. The van der Waals surface area contributed by atoms with E-state index in [9.17, 15) is 13.9 Å². The van der Waals surface area contributed by atoms with Crippen molar-refractivity contribution in [3.05, 3.63) is 35.4 Å². The van der Waals surface area contributed by atoms with Gasteiger partial charge in [0.25, 0.3) is 0 Å². The van der Waals surface area contributed by atoms with E-state index in [0.717, 1.165) is 18.6 Å². The standard InChI is InChI=1S/C12H15F2NO/c13-9-4-1-5-10(14)11(9)12(16)6-2-3-8(15)7-12/h1,4-5,8,16H,2-3,6-7,15H2. The molecule has 1 aliphatic carbocycles. The van der Waals surface area contributed by atoms with Crippen LogP contribution in [0.3, 0.4) is 0 Å². The Bertz CT molecular complexity index is 376. The van der Waals surface area contributed by atoms with Gasteiger partial charge in [-0.15, -0.1) is 0 Å². The molecule has 0 aliphatic heterocycles. The molecule has 1 aromatic carbocycles. The highest BCUT2D eigenvalue weighted by atomic mass is 19.1. The molecule has 4 heteroatoms. The third-order valence-corrected chi connectivity index (χ3v) is 3.19. The van der Waals surface area contributed by atoms with Crippen LogP contribution in [-0.2, 0) is 5.60 Å². The minimum atomic E-state index is -1.45. The smallest absolute Gasteiger partial charge is 0.132 e. The van der Waals surface area contributed by atoms with Crippen LogP contribution in [0.4, 0.5) is 8.78 Å². The van der Waals surface area contributed by atoms with E-state index < -0.39 is 17.2 Å². The molecule has 1 aliphatic rings. The lowest BCUT2D eigenvalue weighted by Crippen LogP contribution is -2.40. The molecule has 2 rings (SSSR count). The summed E-state index contributed by atoms with van der Waals surface area (Å²) in [4.78, 5) is 0. The molecule has 0 heterocycles. The molecule has 1 aromatic rings. The lowest BCUT2D eigenvalue weighted by Gasteiger charge is -2.36. The molecule has 0 saturated heterocycles. The number of hydrogen-bond acceptors (Lipinski definition) is 2. The Morgan fingerprint density at radius 1 is 1.31 bits per heavy atom. The van der Waals surface area contributed by atoms with Crippen molar-refractivity contribution in [1.29, 1.82) is 0 Å². The highest BCUT2D eigenvalue weighted by Gasteiger charge is 2.38. The van der Waals surface area contributed by atoms with Gasteiger partial charge in [-0.3, -0.25) is 0 Å². The summed E-state index contributed by atoms with van der Waals surface area (Å²) in [5.74, 6) is -1.40. The summed E-state index contributed by atoms with van der Waals surface area (Å²) >= 11 is 0. The predicted molar refractivity (Wildman–Crippen MR) is 56.7 cm³/mol. The molecule has 3 N–H and O–H groups in total. The van der Waals surface area contributed by atoms with Crippen molar-refractivity contribution in [3.8, 4) is 0 Å². The van der Waals surface area contributed by atoms with Crippen LogP contribution in [0, 0.1) is 11.6 Å². The van der Waals surface area contributed by atoms with Crippen LogP contribution in [0.5, 0.6) is 0 Å². The first-order valence-corrected chi connectivity index (χ1v) is 5.45. The van der Waals surface area contributed by atoms with Crippen molar-refractivity contribution in [3.63, 3.8) is 0 Å². The van der Waals surface area contributed by atoms with E-state index in [0.29, 0.717) is 12.8 Å². The first kappa shape index (κ1) is 11.5. The Morgan fingerprint density at radius 3 is 2.50 bits per heavy atom. The molecule has 0 spiro atoms. The summed E-state index contributed by atoms with van der Waals surface area (Å²) in [6.45, 7) is 0. The molecule has 1 saturated carbocycles.